The molecule has 0 aromatic rings. The van der Waals surface area contributed by atoms with Crippen LogP contribution < -0.4 is 0 Å². The first-order chi connectivity index (χ1) is 47.9. The van der Waals surface area contributed by atoms with E-state index in [9.17, 15) is 43.2 Å². The van der Waals surface area contributed by atoms with Crippen molar-refractivity contribution >= 4 is 39.5 Å². The molecular formula is C80H156O17P2. The van der Waals surface area contributed by atoms with E-state index in [0.29, 0.717) is 25.7 Å². The summed E-state index contributed by atoms with van der Waals surface area (Å²) in [4.78, 5) is 73.0. The van der Waals surface area contributed by atoms with Gasteiger partial charge in [-0.2, -0.15) is 0 Å². The van der Waals surface area contributed by atoms with Crippen LogP contribution in [0.15, 0.2) is 0 Å². The zero-order valence-corrected chi connectivity index (χ0v) is 66.6. The second kappa shape index (κ2) is 71.7. The molecule has 588 valence electrons. The Kier molecular flexibility index (Phi) is 70.3. The van der Waals surface area contributed by atoms with Crippen molar-refractivity contribution in [3.63, 3.8) is 0 Å². The summed E-state index contributed by atoms with van der Waals surface area (Å²) in [5.74, 6) is -0.581. The minimum Gasteiger partial charge on any atom is -0.462 e. The Morgan fingerprint density at radius 2 is 0.515 bits per heavy atom. The van der Waals surface area contributed by atoms with Gasteiger partial charge in [-0.15, -0.1) is 0 Å². The van der Waals surface area contributed by atoms with Gasteiger partial charge < -0.3 is 33.8 Å². The molecule has 0 aromatic heterocycles. The lowest BCUT2D eigenvalue weighted by Crippen LogP contribution is -2.30. The number of esters is 4. The average molecular weight is 1450 g/mol. The first kappa shape index (κ1) is 97.1. The highest BCUT2D eigenvalue weighted by atomic mass is 31.2. The van der Waals surface area contributed by atoms with Crippen molar-refractivity contribution in [2.45, 2.75) is 439 Å². The van der Waals surface area contributed by atoms with Crippen LogP contribution in [0.25, 0.3) is 0 Å². The number of phosphoric ester groups is 2. The molecule has 0 saturated carbocycles. The molecule has 0 spiro atoms. The van der Waals surface area contributed by atoms with Gasteiger partial charge in [-0.25, -0.2) is 9.13 Å². The maximum atomic E-state index is 13.1. The number of carbonyl (C=O) groups is 4. The molecule has 0 fully saturated rings. The SMILES string of the molecule is CCCCCCCCCCCCCCCCCCCCCCC(=O)O[C@H](COC(=O)CCCCCCCCCCCCCCCC)COP(=O)(O)OC[C@@H](O)COP(=O)(O)OC[C@@H](COC(=O)CCCCCCCCCCC(C)CC)OC(=O)CCCCCCCCCCCCC(C)C. The van der Waals surface area contributed by atoms with Crippen LogP contribution in [0.5, 0.6) is 0 Å². The molecule has 19 heteroatoms. The molecule has 0 rings (SSSR count). The molecule has 0 bridgehead atoms. The molecule has 6 atom stereocenters. The lowest BCUT2D eigenvalue weighted by Gasteiger charge is -2.21. The van der Waals surface area contributed by atoms with Crippen LogP contribution in [0.4, 0.5) is 0 Å². The van der Waals surface area contributed by atoms with Crippen molar-refractivity contribution < 1.29 is 80.2 Å². The van der Waals surface area contributed by atoms with Crippen molar-refractivity contribution in [3.05, 3.63) is 0 Å². The third-order valence-corrected chi connectivity index (χ3v) is 21.0. The molecule has 3 N–H and O–H groups in total. The Hall–Kier alpha value is -1.94. The van der Waals surface area contributed by atoms with Gasteiger partial charge in [0.15, 0.2) is 12.2 Å². The normalized spacial score (nSPS) is 14.2. The van der Waals surface area contributed by atoms with Crippen molar-refractivity contribution in [2.24, 2.45) is 11.8 Å². The first-order valence-corrected chi connectivity index (χ1v) is 44.5. The number of carbonyl (C=O) groups excluding carboxylic acids is 4. The van der Waals surface area contributed by atoms with Gasteiger partial charge in [0.1, 0.15) is 19.3 Å². The zero-order chi connectivity index (χ0) is 72.8. The maximum absolute atomic E-state index is 13.1. The smallest absolute Gasteiger partial charge is 0.462 e. The molecule has 0 heterocycles. The van der Waals surface area contributed by atoms with E-state index in [1.165, 1.54) is 238 Å². The first-order valence-electron chi connectivity index (χ1n) is 41.5. The van der Waals surface area contributed by atoms with Crippen molar-refractivity contribution in [1.29, 1.82) is 0 Å². The fourth-order valence-corrected chi connectivity index (χ4v) is 13.9. The monoisotopic (exact) mass is 1450 g/mol. The molecule has 3 unspecified atom stereocenters. The van der Waals surface area contributed by atoms with Gasteiger partial charge in [0.05, 0.1) is 26.4 Å². The summed E-state index contributed by atoms with van der Waals surface area (Å²) < 4.78 is 68.7. The summed E-state index contributed by atoms with van der Waals surface area (Å²) in [7, 11) is -9.92. The highest BCUT2D eigenvalue weighted by molar-refractivity contribution is 7.47. The van der Waals surface area contributed by atoms with E-state index in [2.05, 4.69) is 41.5 Å². The van der Waals surface area contributed by atoms with Gasteiger partial charge in [0.25, 0.3) is 0 Å². The van der Waals surface area contributed by atoms with Crippen LogP contribution in [-0.4, -0.2) is 96.7 Å². The number of unbranched alkanes of at least 4 members (excludes halogenated alkanes) is 48. The fourth-order valence-electron chi connectivity index (χ4n) is 12.3. The van der Waals surface area contributed by atoms with Gasteiger partial charge >= 0.3 is 39.5 Å². The van der Waals surface area contributed by atoms with Gasteiger partial charge in [0.2, 0.25) is 0 Å². The number of ether oxygens (including phenoxy) is 4. The summed E-state index contributed by atoms with van der Waals surface area (Å²) in [6.45, 7) is 9.62. The summed E-state index contributed by atoms with van der Waals surface area (Å²) in [5.41, 5.74) is 0. The third kappa shape index (κ3) is 72.8. The highest BCUT2D eigenvalue weighted by Gasteiger charge is 2.30. The fraction of sp³-hybridized carbons (Fsp3) is 0.950. The molecule has 99 heavy (non-hydrogen) atoms. The number of hydrogen-bond acceptors (Lipinski definition) is 15. The molecule has 0 aromatic carbocycles. The molecule has 0 aliphatic heterocycles. The van der Waals surface area contributed by atoms with Crippen molar-refractivity contribution in [3.8, 4) is 0 Å². The van der Waals surface area contributed by atoms with Crippen molar-refractivity contribution in [2.75, 3.05) is 39.6 Å². The number of aliphatic hydroxyl groups is 1. The van der Waals surface area contributed by atoms with E-state index >= 15 is 0 Å². The van der Waals surface area contributed by atoms with Crippen LogP contribution in [0, 0.1) is 11.8 Å². The molecule has 17 nitrogen and oxygen atoms in total. The summed E-state index contributed by atoms with van der Waals surface area (Å²) in [6.07, 6.45) is 61.0. The standard InChI is InChI=1S/C80H156O17P2/c1-7-10-12-14-16-18-20-22-24-25-26-27-28-29-31-33-38-46-52-58-64-79(84)96-75(68-90-77(82)62-56-50-44-37-32-30-23-21-19-17-15-13-11-8-2)70-94-98(86,87)92-66-74(81)67-93-99(88,89)95-71-76(69-91-78(83)63-57-51-45-41-40-43-49-55-61-73(6)9-3)97-80(85)65-59-53-47-39-35-34-36-42-48-54-60-72(4)5/h72-76,81H,7-71H2,1-6H3,(H,86,87)(H,88,89)/t73?,74-,75-,76-/m1/s1. The lowest BCUT2D eigenvalue weighted by atomic mass is 9.99. The highest BCUT2D eigenvalue weighted by Crippen LogP contribution is 2.45. The van der Waals surface area contributed by atoms with E-state index in [-0.39, 0.29) is 25.7 Å². The Balaban J connectivity index is 5.24. The minimum atomic E-state index is -4.96. The van der Waals surface area contributed by atoms with Crippen LogP contribution in [-0.2, 0) is 65.4 Å². The largest absolute Gasteiger partial charge is 0.472 e. The summed E-state index contributed by atoms with van der Waals surface area (Å²) >= 11 is 0. The third-order valence-electron chi connectivity index (χ3n) is 19.1. The van der Waals surface area contributed by atoms with E-state index in [4.69, 9.17) is 37.0 Å². The Morgan fingerprint density at radius 3 is 0.768 bits per heavy atom. The van der Waals surface area contributed by atoms with Gasteiger partial charge in [-0.05, 0) is 37.5 Å². The molecule has 0 radical (unpaired) electrons. The van der Waals surface area contributed by atoms with Crippen LogP contribution in [0.3, 0.4) is 0 Å². The molecular weight excluding hydrogens is 1290 g/mol. The molecule has 0 amide bonds. The number of rotatable bonds is 79. The van der Waals surface area contributed by atoms with E-state index < -0.39 is 97.5 Å². The lowest BCUT2D eigenvalue weighted by molar-refractivity contribution is -0.161. The minimum absolute atomic E-state index is 0.106. The Morgan fingerprint density at radius 1 is 0.293 bits per heavy atom. The van der Waals surface area contributed by atoms with Crippen LogP contribution in [0.2, 0.25) is 0 Å². The maximum Gasteiger partial charge on any atom is 0.472 e. The molecule has 0 saturated heterocycles. The molecule has 0 aliphatic rings. The van der Waals surface area contributed by atoms with Crippen LogP contribution >= 0.6 is 15.6 Å². The predicted molar refractivity (Wildman–Crippen MR) is 405 cm³/mol. The predicted octanol–water partition coefficient (Wildman–Crippen LogP) is 23.9. The van der Waals surface area contributed by atoms with Gasteiger partial charge in [0, 0.05) is 25.7 Å². The van der Waals surface area contributed by atoms with E-state index in [1.807, 2.05) is 0 Å². The van der Waals surface area contributed by atoms with Crippen LogP contribution in [0.1, 0.15) is 420 Å². The Labute approximate surface area is 607 Å². The van der Waals surface area contributed by atoms with E-state index in [1.54, 1.807) is 0 Å². The topological polar surface area (TPSA) is 237 Å². The second-order valence-corrected chi connectivity index (χ2v) is 32.4. The summed E-state index contributed by atoms with van der Waals surface area (Å²) in [6, 6.07) is 0. The van der Waals surface area contributed by atoms with E-state index in [0.717, 1.165) is 102 Å². The van der Waals surface area contributed by atoms with Gasteiger partial charge in [-0.1, -0.05) is 369 Å². The summed E-state index contributed by atoms with van der Waals surface area (Å²) in [5, 5.41) is 10.6. The van der Waals surface area contributed by atoms with Crippen molar-refractivity contribution in [1.82, 2.24) is 0 Å². The number of aliphatic hydroxyl groups excluding tert-OH is 1. The Bertz CT molecular complexity index is 1910. The quantitative estimate of drug-likeness (QED) is 0.0222. The number of phosphoric acid groups is 2. The molecule has 0 aliphatic carbocycles. The zero-order valence-electron chi connectivity index (χ0n) is 64.8. The number of hydrogen-bond donors (Lipinski definition) is 3. The second-order valence-electron chi connectivity index (χ2n) is 29.5. The average Bonchev–Trinajstić information content (AvgIpc) is 1.18. The van der Waals surface area contributed by atoms with Gasteiger partial charge in [-0.3, -0.25) is 37.3 Å².